The number of hydrogen-bond acceptors (Lipinski definition) is 3. The molecule has 1 atom stereocenters. The number of ketones is 1. The summed E-state index contributed by atoms with van der Waals surface area (Å²) in [5.74, 6) is 1.04. The maximum atomic E-state index is 12.1. The van der Waals surface area contributed by atoms with Gasteiger partial charge in [-0.2, -0.15) is 0 Å². The number of carbonyl (C=O) groups is 1. The number of benzene rings is 1. The Morgan fingerprint density at radius 3 is 2.32 bits per heavy atom. The van der Waals surface area contributed by atoms with Gasteiger partial charge in [-0.15, -0.1) is 11.6 Å². The van der Waals surface area contributed by atoms with E-state index >= 15 is 0 Å². The van der Waals surface area contributed by atoms with Gasteiger partial charge in [0.15, 0.2) is 8.32 Å². The zero-order chi connectivity index (χ0) is 19.1. The minimum Gasteiger partial charge on any atom is -0.497 e. The fraction of sp³-hybridized carbons (Fsp3) is 0.650. The molecule has 0 amide bonds. The Kier molecular flexibility index (Phi) is 8.65. The molecule has 0 radical (unpaired) electrons. The SMILES string of the molecule is COc1ccc(CCC(=O)C[C@@H](Cl)CCO[Si](C)(C)C(C)(C)C)cc1. The van der Waals surface area contributed by atoms with Crippen molar-refractivity contribution in [3.8, 4) is 5.75 Å². The Morgan fingerprint density at radius 1 is 1.20 bits per heavy atom. The average molecular weight is 385 g/mol. The molecule has 0 saturated heterocycles. The van der Waals surface area contributed by atoms with Crippen LogP contribution >= 0.6 is 11.6 Å². The molecule has 0 aliphatic rings. The predicted molar refractivity (Wildman–Crippen MR) is 108 cm³/mol. The van der Waals surface area contributed by atoms with Crippen molar-refractivity contribution in [1.82, 2.24) is 0 Å². The first kappa shape index (κ1) is 22.2. The monoisotopic (exact) mass is 384 g/mol. The summed E-state index contributed by atoms with van der Waals surface area (Å²) < 4.78 is 11.3. The zero-order valence-electron chi connectivity index (χ0n) is 16.5. The number of hydrogen-bond donors (Lipinski definition) is 0. The molecule has 0 spiro atoms. The summed E-state index contributed by atoms with van der Waals surface area (Å²) in [6.07, 6.45) is 2.41. The van der Waals surface area contributed by atoms with Crippen LogP contribution in [-0.2, 0) is 15.6 Å². The number of methoxy groups -OCH3 is 1. The third-order valence-corrected chi connectivity index (χ3v) is 9.91. The molecule has 0 bridgehead atoms. The molecule has 0 N–H and O–H groups in total. The van der Waals surface area contributed by atoms with E-state index in [0.717, 1.165) is 24.2 Å². The molecule has 0 aliphatic heterocycles. The van der Waals surface area contributed by atoms with E-state index in [1.165, 1.54) is 0 Å². The van der Waals surface area contributed by atoms with Crippen molar-refractivity contribution in [1.29, 1.82) is 0 Å². The maximum Gasteiger partial charge on any atom is 0.191 e. The quantitative estimate of drug-likeness (QED) is 0.388. The fourth-order valence-corrected chi connectivity index (χ4v) is 3.51. The van der Waals surface area contributed by atoms with Crippen molar-refractivity contribution in [2.75, 3.05) is 13.7 Å². The molecule has 142 valence electrons. The van der Waals surface area contributed by atoms with E-state index in [1.54, 1.807) is 7.11 Å². The number of rotatable bonds is 10. The van der Waals surface area contributed by atoms with Gasteiger partial charge in [-0.25, -0.2) is 0 Å². The van der Waals surface area contributed by atoms with E-state index in [4.69, 9.17) is 20.8 Å². The van der Waals surface area contributed by atoms with Gasteiger partial charge >= 0.3 is 0 Å². The normalized spacial score (nSPS) is 13.6. The van der Waals surface area contributed by atoms with Gasteiger partial charge in [0.1, 0.15) is 11.5 Å². The molecule has 25 heavy (non-hydrogen) atoms. The van der Waals surface area contributed by atoms with Crippen molar-refractivity contribution >= 4 is 25.7 Å². The van der Waals surface area contributed by atoms with Gasteiger partial charge in [-0.05, 0) is 48.7 Å². The van der Waals surface area contributed by atoms with E-state index in [0.29, 0.717) is 19.4 Å². The first-order valence-corrected chi connectivity index (χ1v) is 12.3. The fourth-order valence-electron chi connectivity index (χ4n) is 2.19. The molecular formula is C20H33ClO3Si. The molecule has 3 nitrogen and oxygen atoms in total. The summed E-state index contributed by atoms with van der Waals surface area (Å²) in [6.45, 7) is 11.8. The lowest BCUT2D eigenvalue weighted by Crippen LogP contribution is -2.41. The molecule has 0 aliphatic carbocycles. The van der Waals surface area contributed by atoms with Gasteiger partial charge in [-0.3, -0.25) is 4.79 Å². The molecule has 5 heteroatoms. The molecule has 1 aromatic rings. The molecule has 0 fully saturated rings. The van der Waals surface area contributed by atoms with Crippen LogP contribution < -0.4 is 4.74 Å². The van der Waals surface area contributed by atoms with Crippen molar-refractivity contribution in [2.45, 2.75) is 70.0 Å². The highest BCUT2D eigenvalue weighted by Gasteiger charge is 2.36. The maximum absolute atomic E-state index is 12.1. The molecule has 1 rings (SSSR count). The summed E-state index contributed by atoms with van der Waals surface area (Å²) >= 11 is 6.34. The lowest BCUT2D eigenvalue weighted by molar-refractivity contribution is -0.119. The highest BCUT2D eigenvalue weighted by atomic mass is 35.5. The van der Waals surface area contributed by atoms with Crippen LogP contribution in [0.15, 0.2) is 24.3 Å². The second-order valence-electron chi connectivity index (χ2n) is 8.09. The van der Waals surface area contributed by atoms with E-state index in [2.05, 4.69) is 33.9 Å². The van der Waals surface area contributed by atoms with Gasteiger partial charge in [0.2, 0.25) is 0 Å². The minimum absolute atomic E-state index is 0.145. The zero-order valence-corrected chi connectivity index (χ0v) is 18.3. The van der Waals surface area contributed by atoms with Crippen LogP contribution in [0.3, 0.4) is 0 Å². The van der Waals surface area contributed by atoms with Crippen LogP contribution in [-0.4, -0.2) is 33.2 Å². The summed E-state index contributed by atoms with van der Waals surface area (Å²) in [4.78, 5) is 12.1. The van der Waals surface area contributed by atoms with Crippen molar-refractivity contribution < 1.29 is 14.0 Å². The number of halogens is 1. The topological polar surface area (TPSA) is 35.5 Å². The van der Waals surface area contributed by atoms with Crippen LogP contribution in [0.5, 0.6) is 5.75 Å². The van der Waals surface area contributed by atoms with Crippen LogP contribution in [0.2, 0.25) is 18.1 Å². The van der Waals surface area contributed by atoms with E-state index in [1.807, 2.05) is 24.3 Å². The second kappa shape index (κ2) is 9.74. The number of carbonyl (C=O) groups excluding carboxylic acids is 1. The van der Waals surface area contributed by atoms with Crippen LogP contribution in [0.4, 0.5) is 0 Å². The van der Waals surface area contributed by atoms with Crippen LogP contribution in [0, 0.1) is 0 Å². The second-order valence-corrected chi connectivity index (χ2v) is 13.5. The number of ether oxygens (including phenoxy) is 1. The largest absolute Gasteiger partial charge is 0.497 e. The van der Waals surface area contributed by atoms with Gasteiger partial charge < -0.3 is 9.16 Å². The minimum atomic E-state index is -1.73. The van der Waals surface area contributed by atoms with Gasteiger partial charge in [-0.1, -0.05) is 32.9 Å². The van der Waals surface area contributed by atoms with Crippen molar-refractivity contribution in [3.05, 3.63) is 29.8 Å². The summed E-state index contributed by atoms with van der Waals surface area (Å²) in [7, 11) is -0.0859. The number of Topliss-reactive ketones (excluding diaryl/α,β-unsaturated/α-hetero) is 1. The van der Waals surface area contributed by atoms with Crippen molar-refractivity contribution in [2.24, 2.45) is 0 Å². The third kappa shape index (κ3) is 7.93. The van der Waals surface area contributed by atoms with E-state index < -0.39 is 8.32 Å². The van der Waals surface area contributed by atoms with Crippen molar-refractivity contribution in [3.63, 3.8) is 0 Å². The number of alkyl halides is 1. The molecule has 0 saturated carbocycles. The summed E-state index contributed by atoms with van der Waals surface area (Å²) in [6, 6.07) is 7.83. The lowest BCUT2D eigenvalue weighted by atomic mass is 10.0. The lowest BCUT2D eigenvalue weighted by Gasteiger charge is -2.36. The van der Waals surface area contributed by atoms with Crippen LogP contribution in [0.25, 0.3) is 0 Å². The first-order valence-electron chi connectivity index (χ1n) is 8.98. The molecular weight excluding hydrogens is 352 g/mol. The molecule has 0 heterocycles. The first-order chi connectivity index (χ1) is 11.5. The standard InChI is InChI=1S/C20H33ClO3Si/c1-20(2,3)25(5,6)24-14-13-17(21)15-18(22)10-7-16-8-11-19(23-4)12-9-16/h8-9,11-12,17H,7,10,13-15H2,1-6H3/t17-/m0/s1. The van der Waals surface area contributed by atoms with Crippen LogP contribution in [0.1, 0.15) is 45.6 Å². The summed E-state index contributed by atoms with van der Waals surface area (Å²) in [5, 5.41) is 0.0522. The highest BCUT2D eigenvalue weighted by molar-refractivity contribution is 6.74. The van der Waals surface area contributed by atoms with Gasteiger partial charge in [0, 0.05) is 24.8 Å². The highest BCUT2D eigenvalue weighted by Crippen LogP contribution is 2.36. The smallest absolute Gasteiger partial charge is 0.191 e. The van der Waals surface area contributed by atoms with Gasteiger partial charge in [0.25, 0.3) is 0 Å². The predicted octanol–water partition coefficient (Wildman–Crippen LogP) is 5.61. The Labute approximate surface area is 159 Å². The third-order valence-electron chi connectivity index (χ3n) is 5.00. The Balaban J connectivity index is 2.29. The molecule has 1 aromatic carbocycles. The Hall–Kier alpha value is -0.843. The molecule has 0 aromatic heterocycles. The van der Waals surface area contributed by atoms with Gasteiger partial charge in [0.05, 0.1) is 7.11 Å². The Morgan fingerprint density at radius 2 is 1.80 bits per heavy atom. The summed E-state index contributed by atoms with van der Waals surface area (Å²) in [5.41, 5.74) is 1.14. The molecule has 0 unspecified atom stereocenters. The average Bonchev–Trinajstić information content (AvgIpc) is 2.52. The number of aryl methyl sites for hydroxylation is 1. The Bertz CT molecular complexity index is 535. The van der Waals surface area contributed by atoms with E-state index in [-0.39, 0.29) is 16.2 Å². The van der Waals surface area contributed by atoms with E-state index in [9.17, 15) is 4.79 Å².